The van der Waals surface area contributed by atoms with Crippen LogP contribution in [0.25, 0.3) is 0 Å². The molecule has 0 aliphatic carbocycles. The molecule has 24 heavy (non-hydrogen) atoms. The van der Waals surface area contributed by atoms with E-state index in [1.54, 1.807) is 0 Å². The van der Waals surface area contributed by atoms with E-state index in [2.05, 4.69) is 41.5 Å². The maximum Gasteiger partial charge on any atom is 0.122 e. The Kier molecular flexibility index (Phi) is 4.98. The topological polar surface area (TPSA) is 40.5 Å². The highest BCUT2D eigenvalue weighted by Crippen LogP contribution is 2.36. The third-order valence-corrected chi connectivity index (χ3v) is 4.52. The summed E-state index contributed by atoms with van der Waals surface area (Å²) in [6, 6.07) is 11.9. The molecule has 0 saturated carbocycles. The normalized spacial score (nSPS) is 12.4. The molecule has 0 aromatic heterocycles. The van der Waals surface area contributed by atoms with E-state index in [1.807, 2.05) is 36.4 Å². The van der Waals surface area contributed by atoms with Crippen molar-refractivity contribution in [1.29, 1.82) is 0 Å². The fraction of sp³-hybridized carbons (Fsp3) is 0.455. The maximum atomic E-state index is 10.6. The van der Waals surface area contributed by atoms with Gasteiger partial charge in [-0.2, -0.15) is 0 Å². The highest BCUT2D eigenvalue weighted by atomic mass is 16.3. The van der Waals surface area contributed by atoms with Gasteiger partial charge in [-0.15, -0.1) is 0 Å². The first-order valence-corrected chi connectivity index (χ1v) is 8.64. The molecule has 2 aromatic rings. The fourth-order valence-corrected chi connectivity index (χ4v) is 3.07. The lowest BCUT2D eigenvalue weighted by Crippen LogP contribution is -2.13. The van der Waals surface area contributed by atoms with Gasteiger partial charge in [-0.05, 0) is 45.9 Å². The molecule has 0 amide bonds. The van der Waals surface area contributed by atoms with Gasteiger partial charge in [0.25, 0.3) is 0 Å². The Balaban J connectivity index is 2.27. The molecule has 2 nitrogen and oxygen atoms in total. The minimum Gasteiger partial charge on any atom is -0.507 e. The van der Waals surface area contributed by atoms with Gasteiger partial charge in [-0.3, -0.25) is 0 Å². The molecule has 0 bridgehead atoms. The second kappa shape index (κ2) is 6.51. The summed E-state index contributed by atoms with van der Waals surface area (Å²) in [6.07, 6.45) is 1.41. The second-order valence-electron chi connectivity index (χ2n) is 8.63. The number of benzene rings is 2. The SMILES string of the molecule is CC(C)(C)c1cccc(CCc2cccc(C(C)(C)C)c2O)c1O. The lowest BCUT2D eigenvalue weighted by molar-refractivity contribution is 0.435. The van der Waals surface area contributed by atoms with Crippen molar-refractivity contribution in [3.8, 4) is 11.5 Å². The Labute approximate surface area is 146 Å². The van der Waals surface area contributed by atoms with Crippen molar-refractivity contribution in [2.24, 2.45) is 0 Å². The van der Waals surface area contributed by atoms with Crippen LogP contribution < -0.4 is 0 Å². The average molecular weight is 326 g/mol. The maximum absolute atomic E-state index is 10.6. The molecule has 0 radical (unpaired) electrons. The van der Waals surface area contributed by atoms with Gasteiger partial charge in [-0.1, -0.05) is 77.9 Å². The predicted molar refractivity (Wildman–Crippen MR) is 101 cm³/mol. The summed E-state index contributed by atoms with van der Waals surface area (Å²) in [5, 5.41) is 21.2. The number of hydrogen-bond acceptors (Lipinski definition) is 2. The van der Waals surface area contributed by atoms with E-state index in [9.17, 15) is 10.2 Å². The Morgan fingerprint density at radius 3 is 1.25 bits per heavy atom. The molecule has 0 saturated heterocycles. The van der Waals surface area contributed by atoms with Crippen LogP contribution in [0.15, 0.2) is 36.4 Å². The van der Waals surface area contributed by atoms with E-state index in [1.165, 1.54) is 0 Å². The zero-order valence-corrected chi connectivity index (χ0v) is 15.8. The van der Waals surface area contributed by atoms with E-state index in [-0.39, 0.29) is 10.8 Å². The standard InChI is InChI=1S/C22H30O2/c1-21(2,3)17-11-7-9-15(19(17)23)13-14-16-10-8-12-18(20(16)24)22(4,5)6/h7-12,23-24H,13-14H2,1-6H3. The summed E-state index contributed by atoms with van der Waals surface area (Å²) in [6.45, 7) is 12.6. The van der Waals surface area contributed by atoms with Crippen LogP contribution in [0.2, 0.25) is 0 Å². The zero-order valence-electron chi connectivity index (χ0n) is 15.8. The molecule has 0 unspecified atom stereocenters. The monoisotopic (exact) mass is 326 g/mol. The third-order valence-electron chi connectivity index (χ3n) is 4.52. The largest absolute Gasteiger partial charge is 0.507 e. The molecule has 2 rings (SSSR count). The quantitative estimate of drug-likeness (QED) is 0.784. The number of para-hydroxylation sites is 2. The number of aryl methyl sites for hydroxylation is 2. The van der Waals surface area contributed by atoms with E-state index in [4.69, 9.17) is 0 Å². The van der Waals surface area contributed by atoms with E-state index < -0.39 is 0 Å². The second-order valence-corrected chi connectivity index (χ2v) is 8.63. The first-order chi connectivity index (χ1) is 11.0. The average Bonchev–Trinajstić information content (AvgIpc) is 2.45. The lowest BCUT2D eigenvalue weighted by Gasteiger charge is -2.23. The van der Waals surface area contributed by atoms with Gasteiger partial charge in [0.2, 0.25) is 0 Å². The molecule has 0 fully saturated rings. The van der Waals surface area contributed by atoms with Crippen LogP contribution in [0.3, 0.4) is 0 Å². The molecule has 130 valence electrons. The van der Waals surface area contributed by atoms with Crippen LogP contribution >= 0.6 is 0 Å². The minimum atomic E-state index is -0.0889. The third kappa shape index (κ3) is 3.92. The number of phenols is 2. The van der Waals surface area contributed by atoms with Gasteiger partial charge in [0.1, 0.15) is 11.5 Å². The number of hydrogen-bond donors (Lipinski definition) is 2. The molecule has 0 heterocycles. The highest BCUT2D eigenvalue weighted by Gasteiger charge is 2.21. The lowest BCUT2D eigenvalue weighted by atomic mass is 9.83. The van der Waals surface area contributed by atoms with Crippen LogP contribution in [0.5, 0.6) is 11.5 Å². The first kappa shape index (κ1) is 18.4. The van der Waals surface area contributed by atoms with Gasteiger partial charge in [0.05, 0.1) is 0 Å². The molecule has 0 spiro atoms. The number of phenolic OH excluding ortho intramolecular Hbond substituents is 2. The molecule has 2 N–H and O–H groups in total. The molecule has 0 atom stereocenters. The van der Waals surface area contributed by atoms with Crippen molar-refractivity contribution < 1.29 is 10.2 Å². The van der Waals surface area contributed by atoms with Gasteiger partial charge in [-0.25, -0.2) is 0 Å². The van der Waals surface area contributed by atoms with Crippen molar-refractivity contribution in [2.75, 3.05) is 0 Å². The molecular weight excluding hydrogens is 296 g/mol. The Hall–Kier alpha value is -1.96. The first-order valence-electron chi connectivity index (χ1n) is 8.64. The number of rotatable bonds is 3. The van der Waals surface area contributed by atoms with Crippen molar-refractivity contribution in [3.63, 3.8) is 0 Å². The molecule has 2 aromatic carbocycles. The Bertz CT molecular complexity index is 652. The van der Waals surface area contributed by atoms with E-state index in [0.717, 1.165) is 22.3 Å². The van der Waals surface area contributed by atoms with Gasteiger partial charge in [0.15, 0.2) is 0 Å². The van der Waals surface area contributed by atoms with Crippen molar-refractivity contribution in [2.45, 2.75) is 65.2 Å². The van der Waals surface area contributed by atoms with Crippen LogP contribution in [-0.2, 0) is 23.7 Å². The predicted octanol–water partition coefficient (Wildman–Crippen LogP) is 5.48. The van der Waals surface area contributed by atoms with Gasteiger partial charge in [0, 0.05) is 0 Å². The summed E-state index contributed by atoms with van der Waals surface area (Å²) < 4.78 is 0. The van der Waals surface area contributed by atoms with E-state index >= 15 is 0 Å². The summed E-state index contributed by atoms with van der Waals surface area (Å²) in [7, 11) is 0. The fourth-order valence-electron chi connectivity index (χ4n) is 3.07. The highest BCUT2D eigenvalue weighted by molar-refractivity contribution is 5.47. The van der Waals surface area contributed by atoms with Crippen LogP contribution in [0, 0.1) is 0 Å². The molecule has 2 heteroatoms. The van der Waals surface area contributed by atoms with Crippen molar-refractivity contribution in [3.05, 3.63) is 58.7 Å². The zero-order chi connectivity index (χ0) is 18.1. The summed E-state index contributed by atoms with van der Waals surface area (Å²) in [5.41, 5.74) is 3.62. The Morgan fingerprint density at radius 1 is 0.625 bits per heavy atom. The van der Waals surface area contributed by atoms with Crippen molar-refractivity contribution in [1.82, 2.24) is 0 Å². The molecule has 0 aliphatic heterocycles. The van der Waals surface area contributed by atoms with E-state index in [0.29, 0.717) is 24.3 Å². The van der Waals surface area contributed by atoms with Crippen LogP contribution in [0.4, 0.5) is 0 Å². The molecule has 0 aliphatic rings. The van der Waals surface area contributed by atoms with Gasteiger partial charge >= 0.3 is 0 Å². The summed E-state index contributed by atoms with van der Waals surface area (Å²) in [5.74, 6) is 0.771. The smallest absolute Gasteiger partial charge is 0.122 e. The van der Waals surface area contributed by atoms with Crippen LogP contribution in [0.1, 0.15) is 63.8 Å². The van der Waals surface area contributed by atoms with Gasteiger partial charge < -0.3 is 10.2 Å². The minimum absolute atomic E-state index is 0.0889. The van der Waals surface area contributed by atoms with Crippen molar-refractivity contribution >= 4 is 0 Å². The summed E-state index contributed by atoms with van der Waals surface area (Å²) in [4.78, 5) is 0. The molecular formula is C22H30O2. The van der Waals surface area contributed by atoms with Crippen LogP contribution in [-0.4, -0.2) is 10.2 Å². The number of aromatic hydroxyl groups is 2. The Morgan fingerprint density at radius 2 is 0.958 bits per heavy atom. The summed E-state index contributed by atoms with van der Waals surface area (Å²) >= 11 is 0.